The van der Waals surface area contributed by atoms with Gasteiger partial charge in [0.15, 0.2) is 15.0 Å². The third-order valence-corrected chi connectivity index (χ3v) is 7.60. The zero-order chi connectivity index (χ0) is 22.0. The quantitative estimate of drug-likeness (QED) is 0.406. The molecule has 0 aliphatic carbocycles. The minimum Gasteiger partial charge on any atom is -0.497 e. The minimum absolute atomic E-state index is 0.0000780. The summed E-state index contributed by atoms with van der Waals surface area (Å²) < 4.78 is 35.8. The summed E-state index contributed by atoms with van der Waals surface area (Å²) in [5.41, 5.74) is 1.08. The Hall–Kier alpha value is -3.17. The van der Waals surface area contributed by atoms with Crippen LogP contribution in [-0.4, -0.2) is 32.2 Å². The van der Waals surface area contributed by atoms with Gasteiger partial charge < -0.3 is 9.15 Å². The van der Waals surface area contributed by atoms with Gasteiger partial charge in [-0.3, -0.25) is 9.69 Å². The molecule has 0 aliphatic heterocycles. The molecule has 160 valence electrons. The van der Waals surface area contributed by atoms with E-state index in [1.165, 1.54) is 40.5 Å². The molecule has 31 heavy (non-hydrogen) atoms. The van der Waals surface area contributed by atoms with Crippen molar-refractivity contribution in [3.63, 3.8) is 0 Å². The zero-order valence-corrected chi connectivity index (χ0v) is 18.6. The number of carbonyl (C=O) groups excluding carboxylic acids is 1. The maximum absolute atomic E-state index is 13.4. The normalized spacial score (nSPS) is 11.5. The third-order valence-electron chi connectivity index (χ3n) is 4.79. The number of hydrogen-bond acceptors (Lipinski definition) is 7. The maximum atomic E-state index is 13.4. The summed E-state index contributed by atoms with van der Waals surface area (Å²) in [5.74, 6) is 0.985. The SMILES string of the molecule is CCS(=O)(=O)c1ccc(C(=O)N(Cc2ccco2)c2nc3cc(OC)ccc3s2)cc1. The molecule has 0 radical (unpaired) electrons. The number of furan rings is 1. The number of methoxy groups -OCH3 is 1. The maximum Gasteiger partial charge on any atom is 0.260 e. The molecular weight excluding hydrogens is 436 g/mol. The lowest BCUT2D eigenvalue weighted by atomic mass is 10.2. The summed E-state index contributed by atoms with van der Waals surface area (Å²) in [6, 6.07) is 15.1. The monoisotopic (exact) mass is 456 g/mol. The first kappa shape index (κ1) is 21.1. The van der Waals surface area contributed by atoms with E-state index in [9.17, 15) is 13.2 Å². The number of nitrogens with zero attached hydrogens (tertiary/aromatic N) is 2. The number of fused-ring (bicyclic) bond motifs is 1. The van der Waals surface area contributed by atoms with Crippen LogP contribution in [0, 0.1) is 0 Å². The second-order valence-electron chi connectivity index (χ2n) is 6.73. The first-order valence-corrected chi connectivity index (χ1v) is 12.0. The Balaban J connectivity index is 1.72. The van der Waals surface area contributed by atoms with E-state index in [1.807, 2.05) is 18.2 Å². The van der Waals surface area contributed by atoms with Crippen molar-refractivity contribution < 1.29 is 22.4 Å². The van der Waals surface area contributed by atoms with E-state index >= 15 is 0 Å². The molecule has 0 atom stereocenters. The lowest BCUT2D eigenvalue weighted by molar-refractivity contribution is 0.0983. The van der Waals surface area contributed by atoms with Gasteiger partial charge in [-0.1, -0.05) is 18.3 Å². The first-order valence-electron chi connectivity index (χ1n) is 9.53. The highest BCUT2D eigenvalue weighted by Crippen LogP contribution is 2.33. The van der Waals surface area contributed by atoms with Crippen molar-refractivity contribution in [1.82, 2.24) is 4.98 Å². The summed E-state index contributed by atoms with van der Waals surface area (Å²) in [7, 11) is -1.75. The van der Waals surface area contributed by atoms with Gasteiger partial charge in [0.25, 0.3) is 5.91 Å². The van der Waals surface area contributed by atoms with E-state index < -0.39 is 9.84 Å². The predicted molar refractivity (Wildman–Crippen MR) is 120 cm³/mol. The number of carbonyl (C=O) groups is 1. The molecule has 0 saturated carbocycles. The average Bonchev–Trinajstić information content (AvgIpc) is 3.46. The molecule has 4 aromatic rings. The number of sulfone groups is 1. The highest BCUT2D eigenvalue weighted by atomic mass is 32.2. The van der Waals surface area contributed by atoms with Crippen LogP contribution >= 0.6 is 11.3 Å². The molecule has 0 N–H and O–H groups in total. The van der Waals surface area contributed by atoms with Crippen LogP contribution in [0.15, 0.2) is 70.2 Å². The molecule has 2 heterocycles. The molecule has 2 aromatic heterocycles. The van der Waals surface area contributed by atoms with Gasteiger partial charge in [0.05, 0.1) is 40.8 Å². The van der Waals surface area contributed by atoms with Crippen LogP contribution in [0.1, 0.15) is 23.0 Å². The van der Waals surface area contributed by atoms with Crippen molar-refractivity contribution >= 4 is 42.4 Å². The van der Waals surface area contributed by atoms with Crippen LogP contribution in [0.25, 0.3) is 10.2 Å². The minimum atomic E-state index is -3.34. The third kappa shape index (κ3) is 4.33. The Morgan fingerprint density at radius 2 is 1.94 bits per heavy atom. The Morgan fingerprint density at radius 1 is 1.16 bits per heavy atom. The van der Waals surface area contributed by atoms with E-state index in [2.05, 4.69) is 4.98 Å². The fourth-order valence-corrected chi connectivity index (χ4v) is 4.88. The van der Waals surface area contributed by atoms with Gasteiger partial charge in [0.1, 0.15) is 11.5 Å². The molecule has 1 amide bonds. The Bertz CT molecular complexity index is 1310. The topological polar surface area (TPSA) is 89.7 Å². The standard InChI is InChI=1S/C22H20N2O5S2/c1-3-31(26,27)18-9-6-15(7-10-18)21(25)24(14-17-5-4-12-29-17)22-23-19-13-16(28-2)8-11-20(19)30-22/h4-13H,3,14H2,1-2H3. The second kappa shape index (κ2) is 8.52. The number of aromatic nitrogens is 1. The fraction of sp³-hybridized carbons (Fsp3) is 0.182. The first-order chi connectivity index (χ1) is 14.9. The lowest BCUT2D eigenvalue weighted by Crippen LogP contribution is -2.30. The summed E-state index contributed by atoms with van der Waals surface area (Å²) >= 11 is 1.38. The van der Waals surface area contributed by atoms with Crippen LogP contribution < -0.4 is 9.64 Å². The smallest absolute Gasteiger partial charge is 0.260 e. The van der Waals surface area contributed by atoms with Crippen LogP contribution in [0.2, 0.25) is 0 Å². The highest BCUT2D eigenvalue weighted by Gasteiger charge is 2.23. The summed E-state index contributed by atoms with van der Waals surface area (Å²) in [4.78, 5) is 19.7. The van der Waals surface area contributed by atoms with Crippen LogP contribution in [0.5, 0.6) is 5.75 Å². The fourth-order valence-electron chi connectivity index (χ4n) is 3.05. The van der Waals surface area contributed by atoms with Crippen molar-refractivity contribution in [2.45, 2.75) is 18.4 Å². The van der Waals surface area contributed by atoms with Crippen LogP contribution in [0.4, 0.5) is 5.13 Å². The molecule has 0 bridgehead atoms. The van der Waals surface area contributed by atoms with Crippen molar-refractivity contribution in [1.29, 1.82) is 0 Å². The van der Waals surface area contributed by atoms with Crippen LogP contribution in [-0.2, 0) is 16.4 Å². The highest BCUT2D eigenvalue weighted by molar-refractivity contribution is 7.91. The predicted octanol–water partition coefficient (Wildman–Crippen LogP) is 4.54. The van der Waals surface area contributed by atoms with Crippen LogP contribution in [0.3, 0.4) is 0 Å². The van der Waals surface area contributed by atoms with Gasteiger partial charge in [0.2, 0.25) is 0 Å². The number of anilines is 1. The van der Waals surface area contributed by atoms with Gasteiger partial charge in [-0.05, 0) is 48.5 Å². The molecule has 7 nitrogen and oxygen atoms in total. The van der Waals surface area contributed by atoms with E-state index in [0.29, 0.717) is 22.2 Å². The lowest BCUT2D eigenvalue weighted by Gasteiger charge is -2.19. The van der Waals surface area contributed by atoms with E-state index in [1.54, 1.807) is 32.4 Å². The number of benzene rings is 2. The Morgan fingerprint density at radius 3 is 2.58 bits per heavy atom. The summed E-state index contributed by atoms with van der Waals surface area (Å²) in [6.45, 7) is 1.78. The largest absolute Gasteiger partial charge is 0.497 e. The second-order valence-corrected chi connectivity index (χ2v) is 10.0. The molecule has 9 heteroatoms. The molecule has 0 spiro atoms. The van der Waals surface area contributed by atoms with Gasteiger partial charge in [0, 0.05) is 11.6 Å². The molecular formula is C22H20N2O5S2. The number of hydrogen-bond donors (Lipinski definition) is 0. The Kier molecular flexibility index (Phi) is 5.79. The number of rotatable bonds is 7. The van der Waals surface area contributed by atoms with Gasteiger partial charge in [-0.15, -0.1) is 0 Å². The molecule has 0 unspecified atom stereocenters. The van der Waals surface area contributed by atoms with Gasteiger partial charge in [-0.25, -0.2) is 13.4 Å². The van der Waals surface area contributed by atoms with Crippen molar-refractivity contribution in [2.24, 2.45) is 0 Å². The summed E-state index contributed by atoms with van der Waals surface area (Å²) in [6.07, 6.45) is 1.55. The zero-order valence-electron chi connectivity index (χ0n) is 16.9. The molecule has 0 saturated heterocycles. The number of amides is 1. The van der Waals surface area contributed by atoms with E-state index in [0.717, 1.165) is 10.2 Å². The van der Waals surface area contributed by atoms with E-state index in [4.69, 9.17) is 9.15 Å². The summed E-state index contributed by atoms with van der Waals surface area (Å²) in [5, 5.41) is 0.509. The van der Waals surface area contributed by atoms with Crippen molar-refractivity contribution in [2.75, 3.05) is 17.8 Å². The number of thiazole rings is 1. The molecule has 2 aromatic carbocycles. The molecule has 4 rings (SSSR count). The molecule has 0 aliphatic rings. The average molecular weight is 457 g/mol. The van der Waals surface area contributed by atoms with Gasteiger partial charge in [-0.2, -0.15) is 0 Å². The van der Waals surface area contributed by atoms with E-state index in [-0.39, 0.29) is 23.1 Å². The van der Waals surface area contributed by atoms with Crippen molar-refractivity contribution in [3.05, 3.63) is 72.2 Å². The van der Waals surface area contributed by atoms with Crippen molar-refractivity contribution in [3.8, 4) is 5.75 Å². The molecule has 0 fully saturated rings. The Labute approximate surface area is 183 Å². The van der Waals surface area contributed by atoms with Gasteiger partial charge >= 0.3 is 0 Å². The number of ether oxygens (including phenoxy) is 1.